The van der Waals surface area contributed by atoms with E-state index in [-0.39, 0.29) is 0 Å². The number of benzene rings is 1. The Hall–Kier alpha value is -0.860. The lowest BCUT2D eigenvalue weighted by Crippen LogP contribution is -2.19. The van der Waals surface area contributed by atoms with Crippen molar-refractivity contribution in [2.24, 2.45) is 5.92 Å². The van der Waals surface area contributed by atoms with Crippen LogP contribution in [0, 0.1) is 5.92 Å². The lowest BCUT2D eigenvalue weighted by molar-refractivity contribution is 0.192. The van der Waals surface area contributed by atoms with E-state index in [0.29, 0.717) is 6.04 Å². The fraction of sp³-hybridized carbons (Fsp3) is 0.667. The third kappa shape index (κ3) is 7.06. The summed E-state index contributed by atoms with van der Waals surface area (Å²) in [7, 11) is 1.77. The average molecular weight is 277 g/mol. The summed E-state index contributed by atoms with van der Waals surface area (Å²) in [5, 5.41) is 3.60. The number of ether oxygens (including phenoxy) is 1. The van der Waals surface area contributed by atoms with Crippen LogP contribution in [0.15, 0.2) is 24.3 Å². The fourth-order valence-electron chi connectivity index (χ4n) is 2.40. The van der Waals surface area contributed by atoms with E-state index in [2.05, 4.69) is 50.4 Å². The first-order chi connectivity index (χ1) is 9.63. The minimum absolute atomic E-state index is 0.436. The molecule has 20 heavy (non-hydrogen) atoms. The van der Waals surface area contributed by atoms with E-state index in [9.17, 15) is 0 Å². The van der Waals surface area contributed by atoms with Crippen molar-refractivity contribution in [3.8, 4) is 0 Å². The molecule has 0 amide bonds. The largest absolute Gasteiger partial charge is 0.385 e. The summed E-state index contributed by atoms with van der Waals surface area (Å²) in [4.78, 5) is 0. The first-order valence-corrected chi connectivity index (χ1v) is 7.94. The highest BCUT2D eigenvalue weighted by molar-refractivity contribution is 5.25. The summed E-state index contributed by atoms with van der Waals surface area (Å²) in [6.45, 7) is 8.74. The fourth-order valence-corrected chi connectivity index (χ4v) is 2.40. The molecule has 0 saturated carbocycles. The van der Waals surface area contributed by atoms with E-state index in [4.69, 9.17) is 4.74 Å². The number of nitrogens with one attached hydrogen (secondary N) is 1. The maximum atomic E-state index is 5.06. The van der Waals surface area contributed by atoms with Gasteiger partial charge in [0.1, 0.15) is 0 Å². The van der Waals surface area contributed by atoms with E-state index >= 15 is 0 Å². The molecule has 1 aromatic carbocycles. The second kappa shape index (κ2) is 9.95. The monoisotopic (exact) mass is 277 g/mol. The molecule has 2 heteroatoms. The standard InChI is InChI=1S/C18H31NO/c1-15(2)14-17-8-10-18(11-9-17)16(3)19-12-6-5-7-13-20-4/h8-11,15-16,19H,5-7,12-14H2,1-4H3. The quantitative estimate of drug-likeness (QED) is 0.642. The number of methoxy groups -OCH3 is 1. The third-order valence-electron chi connectivity index (χ3n) is 3.60. The van der Waals surface area contributed by atoms with Crippen molar-refractivity contribution in [3.63, 3.8) is 0 Å². The highest BCUT2D eigenvalue weighted by Crippen LogP contribution is 2.15. The summed E-state index contributed by atoms with van der Waals surface area (Å²) in [5.41, 5.74) is 2.82. The summed E-state index contributed by atoms with van der Waals surface area (Å²) in [5.74, 6) is 0.725. The van der Waals surface area contributed by atoms with Crippen LogP contribution < -0.4 is 5.32 Å². The van der Waals surface area contributed by atoms with Crippen molar-refractivity contribution in [1.29, 1.82) is 0 Å². The number of unbranched alkanes of at least 4 members (excludes halogenated alkanes) is 2. The van der Waals surface area contributed by atoms with Crippen LogP contribution in [-0.4, -0.2) is 20.3 Å². The topological polar surface area (TPSA) is 21.3 Å². The van der Waals surface area contributed by atoms with Crippen LogP contribution in [0.25, 0.3) is 0 Å². The van der Waals surface area contributed by atoms with Gasteiger partial charge in [0.15, 0.2) is 0 Å². The molecule has 0 aliphatic rings. The number of hydrogen-bond acceptors (Lipinski definition) is 2. The summed E-state index contributed by atoms with van der Waals surface area (Å²) >= 11 is 0. The van der Waals surface area contributed by atoms with Gasteiger partial charge in [0, 0.05) is 19.8 Å². The Bertz CT molecular complexity index is 345. The highest BCUT2D eigenvalue weighted by atomic mass is 16.5. The molecule has 0 heterocycles. The zero-order chi connectivity index (χ0) is 14.8. The van der Waals surface area contributed by atoms with Crippen molar-refractivity contribution in [2.45, 2.75) is 52.5 Å². The predicted molar refractivity (Wildman–Crippen MR) is 87.1 cm³/mol. The molecule has 1 atom stereocenters. The van der Waals surface area contributed by atoms with Gasteiger partial charge in [-0.2, -0.15) is 0 Å². The summed E-state index contributed by atoms with van der Waals surface area (Å²) in [6.07, 6.45) is 4.79. The molecule has 1 unspecified atom stereocenters. The second-order valence-corrected chi connectivity index (χ2v) is 6.07. The van der Waals surface area contributed by atoms with Gasteiger partial charge in [0.2, 0.25) is 0 Å². The lowest BCUT2D eigenvalue weighted by atomic mass is 10.00. The van der Waals surface area contributed by atoms with Crippen molar-refractivity contribution in [1.82, 2.24) is 5.32 Å². The Labute approximate surface area is 124 Å². The minimum atomic E-state index is 0.436. The van der Waals surface area contributed by atoms with E-state index in [1.807, 2.05) is 0 Å². The zero-order valence-corrected chi connectivity index (χ0v) is 13.6. The van der Waals surface area contributed by atoms with Gasteiger partial charge < -0.3 is 10.1 Å². The van der Waals surface area contributed by atoms with Crippen molar-refractivity contribution in [2.75, 3.05) is 20.3 Å². The smallest absolute Gasteiger partial charge is 0.0462 e. The molecule has 0 saturated heterocycles. The van der Waals surface area contributed by atoms with Crippen LogP contribution >= 0.6 is 0 Å². The molecule has 114 valence electrons. The van der Waals surface area contributed by atoms with Crippen LogP contribution in [-0.2, 0) is 11.2 Å². The predicted octanol–water partition coefficient (Wildman–Crippen LogP) is 4.35. The van der Waals surface area contributed by atoms with E-state index in [0.717, 1.165) is 25.5 Å². The Kier molecular flexibility index (Phi) is 8.56. The van der Waals surface area contributed by atoms with E-state index in [1.165, 1.54) is 30.4 Å². The number of hydrogen-bond donors (Lipinski definition) is 1. The Morgan fingerprint density at radius 1 is 1.00 bits per heavy atom. The van der Waals surface area contributed by atoms with Gasteiger partial charge in [0.05, 0.1) is 0 Å². The normalized spacial score (nSPS) is 12.8. The molecule has 1 N–H and O–H groups in total. The maximum Gasteiger partial charge on any atom is 0.0462 e. The first-order valence-electron chi connectivity index (χ1n) is 7.94. The molecular weight excluding hydrogens is 246 g/mol. The van der Waals surface area contributed by atoms with Crippen LogP contribution in [0.1, 0.15) is 57.2 Å². The molecule has 0 bridgehead atoms. The Morgan fingerprint density at radius 3 is 2.30 bits per heavy atom. The lowest BCUT2D eigenvalue weighted by Gasteiger charge is -2.15. The summed E-state index contributed by atoms with van der Waals surface area (Å²) < 4.78 is 5.06. The molecule has 0 aliphatic heterocycles. The summed E-state index contributed by atoms with van der Waals surface area (Å²) in [6, 6.07) is 9.50. The maximum absolute atomic E-state index is 5.06. The molecule has 0 aliphatic carbocycles. The van der Waals surface area contributed by atoms with Gasteiger partial charge in [-0.05, 0) is 56.2 Å². The van der Waals surface area contributed by atoms with Crippen LogP contribution in [0.3, 0.4) is 0 Å². The molecule has 0 fully saturated rings. The second-order valence-electron chi connectivity index (χ2n) is 6.07. The van der Waals surface area contributed by atoms with Gasteiger partial charge in [-0.15, -0.1) is 0 Å². The zero-order valence-electron chi connectivity index (χ0n) is 13.6. The minimum Gasteiger partial charge on any atom is -0.385 e. The van der Waals surface area contributed by atoms with Gasteiger partial charge >= 0.3 is 0 Å². The number of rotatable bonds is 10. The van der Waals surface area contributed by atoms with Crippen molar-refractivity contribution >= 4 is 0 Å². The average Bonchev–Trinajstić information content (AvgIpc) is 2.42. The Balaban J connectivity index is 2.27. The van der Waals surface area contributed by atoms with Crippen molar-refractivity contribution < 1.29 is 4.74 Å². The van der Waals surface area contributed by atoms with Crippen LogP contribution in [0.5, 0.6) is 0 Å². The Morgan fingerprint density at radius 2 is 1.70 bits per heavy atom. The SMILES string of the molecule is COCCCCCNC(C)c1ccc(CC(C)C)cc1. The van der Waals surface area contributed by atoms with Crippen LogP contribution in [0.4, 0.5) is 0 Å². The molecule has 0 radical (unpaired) electrons. The van der Waals surface area contributed by atoms with Gasteiger partial charge in [-0.1, -0.05) is 38.1 Å². The van der Waals surface area contributed by atoms with E-state index < -0.39 is 0 Å². The van der Waals surface area contributed by atoms with Gasteiger partial charge in [-0.3, -0.25) is 0 Å². The highest BCUT2D eigenvalue weighted by Gasteiger charge is 2.05. The van der Waals surface area contributed by atoms with Gasteiger partial charge in [0.25, 0.3) is 0 Å². The molecule has 0 aromatic heterocycles. The molecule has 1 rings (SSSR count). The first kappa shape index (κ1) is 17.2. The van der Waals surface area contributed by atoms with Crippen LogP contribution in [0.2, 0.25) is 0 Å². The van der Waals surface area contributed by atoms with E-state index in [1.54, 1.807) is 7.11 Å². The molecule has 2 nitrogen and oxygen atoms in total. The molecular formula is C18H31NO. The van der Waals surface area contributed by atoms with Gasteiger partial charge in [-0.25, -0.2) is 0 Å². The molecule has 1 aromatic rings. The van der Waals surface area contributed by atoms with Crippen molar-refractivity contribution in [3.05, 3.63) is 35.4 Å². The molecule has 0 spiro atoms. The third-order valence-corrected chi connectivity index (χ3v) is 3.60.